The van der Waals surface area contributed by atoms with Crippen molar-refractivity contribution in [1.82, 2.24) is 14.6 Å². The van der Waals surface area contributed by atoms with E-state index in [-0.39, 0.29) is 11.9 Å². The third kappa shape index (κ3) is 2.26. The normalized spacial score (nSPS) is 17.9. The summed E-state index contributed by atoms with van der Waals surface area (Å²) in [4.78, 5) is 14.6. The van der Waals surface area contributed by atoms with Crippen LogP contribution in [0.4, 0.5) is 0 Å². The van der Waals surface area contributed by atoms with Gasteiger partial charge in [0.25, 0.3) is 5.91 Å². The SMILES string of the molecule is CCc1cc(C(=O)N2CCn3c(C)ccc3[C@@H]2CC)on1. The van der Waals surface area contributed by atoms with Crippen LogP contribution in [0.25, 0.3) is 0 Å². The molecule has 1 aliphatic heterocycles. The molecule has 1 aliphatic rings. The van der Waals surface area contributed by atoms with Crippen LogP contribution >= 0.6 is 0 Å². The lowest BCUT2D eigenvalue weighted by Crippen LogP contribution is -2.41. The molecular formula is C16H21N3O2. The average Bonchev–Trinajstić information content (AvgIpc) is 3.12. The van der Waals surface area contributed by atoms with Gasteiger partial charge in [-0.25, -0.2) is 0 Å². The van der Waals surface area contributed by atoms with Gasteiger partial charge < -0.3 is 14.0 Å². The number of aryl methyl sites for hydroxylation is 2. The molecule has 5 heteroatoms. The summed E-state index contributed by atoms with van der Waals surface area (Å²) >= 11 is 0. The van der Waals surface area contributed by atoms with Crippen molar-refractivity contribution in [3.05, 3.63) is 41.0 Å². The molecule has 112 valence electrons. The van der Waals surface area contributed by atoms with Gasteiger partial charge in [0.15, 0.2) is 0 Å². The first-order chi connectivity index (χ1) is 10.2. The Balaban J connectivity index is 1.90. The lowest BCUT2D eigenvalue weighted by Gasteiger charge is -2.36. The number of amides is 1. The van der Waals surface area contributed by atoms with E-state index in [4.69, 9.17) is 4.52 Å². The van der Waals surface area contributed by atoms with Crippen molar-refractivity contribution in [1.29, 1.82) is 0 Å². The van der Waals surface area contributed by atoms with E-state index in [9.17, 15) is 4.79 Å². The van der Waals surface area contributed by atoms with E-state index in [0.717, 1.165) is 25.1 Å². The molecule has 0 aromatic carbocycles. The summed E-state index contributed by atoms with van der Waals surface area (Å²) in [6.45, 7) is 7.77. The topological polar surface area (TPSA) is 51.3 Å². The summed E-state index contributed by atoms with van der Waals surface area (Å²) in [5.74, 6) is 0.293. The molecule has 1 atom stereocenters. The fourth-order valence-electron chi connectivity index (χ4n) is 3.10. The molecule has 0 saturated heterocycles. The molecule has 0 fully saturated rings. The Bertz CT molecular complexity index is 656. The molecule has 0 unspecified atom stereocenters. The molecule has 2 aromatic rings. The Kier molecular flexibility index (Phi) is 3.57. The molecule has 0 radical (unpaired) electrons. The van der Waals surface area contributed by atoms with E-state index in [1.54, 1.807) is 6.07 Å². The lowest BCUT2D eigenvalue weighted by molar-refractivity contribution is 0.0574. The van der Waals surface area contributed by atoms with Gasteiger partial charge in [-0.15, -0.1) is 0 Å². The second-order valence-electron chi connectivity index (χ2n) is 5.51. The van der Waals surface area contributed by atoms with Crippen LogP contribution in [-0.4, -0.2) is 27.1 Å². The Morgan fingerprint density at radius 1 is 1.38 bits per heavy atom. The van der Waals surface area contributed by atoms with Crippen molar-refractivity contribution in [2.45, 2.75) is 46.2 Å². The zero-order chi connectivity index (χ0) is 15.0. The van der Waals surface area contributed by atoms with Gasteiger partial charge in [-0.3, -0.25) is 4.79 Å². The van der Waals surface area contributed by atoms with E-state index >= 15 is 0 Å². The fraction of sp³-hybridized carbons (Fsp3) is 0.500. The minimum absolute atomic E-state index is 0.0563. The van der Waals surface area contributed by atoms with Gasteiger partial charge in [0.05, 0.1) is 11.7 Å². The van der Waals surface area contributed by atoms with Crippen LogP contribution in [-0.2, 0) is 13.0 Å². The van der Waals surface area contributed by atoms with E-state index in [1.807, 2.05) is 11.8 Å². The molecule has 3 rings (SSSR count). The molecule has 5 nitrogen and oxygen atoms in total. The van der Waals surface area contributed by atoms with E-state index in [0.29, 0.717) is 12.3 Å². The van der Waals surface area contributed by atoms with Crippen molar-refractivity contribution >= 4 is 5.91 Å². The summed E-state index contributed by atoms with van der Waals surface area (Å²) in [7, 11) is 0. The van der Waals surface area contributed by atoms with Crippen LogP contribution < -0.4 is 0 Å². The van der Waals surface area contributed by atoms with E-state index < -0.39 is 0 Å². The number of hydrogen-bond acceptors (Lipinski definition) is 3. The second-order valence-corrected chi connectivity index (χ2v) is 5.51. The Morgan fingerprint density at radius 2 is 2.19 bits per heavy atom. The van der Waals surface area contributed by atoms with Gasteiger partial charge >= 0.3 is 0 Å². The molecule has 21 heavy (non-hydrogen) atoms. The van der Waals surface area contributed by atoms with E-state index in [1.165, 1.54) is 11.4 Å². The molecule has 0 saturated carbocycles. The highest BCUT2D eigenvalue weighted by Gasteiger charge is 2.32. The van der Waals surface area contributed by atoms with Crippen molar-refractivity contribution in [2.24, 2.45) is 0 Å². The predicted molar refractivity (Wildman–Crippen MR) is 79.1 cm³/mol. The first kappa shape index (κ1) is 13.9. The van der Waals surface area contributed by atoms with Crippen molar-refractivity contribution in [3.63, 3.8) is 0 Å². The molecule has 0 aliphatic carbocycles. The van der Waals surface area contributed by atoms with Crippen LogP contribution in [0.15, 0.2) is 22.7 Å². The molecular weight excluding hydrogens is 266 g/mol. The number of rotatable bonds is 3. The van der Waals surface area contributed by atoms with Gasteiger partial charge in [0.1, 0.15) is 0 Å². The third-order valence-corrected chi connectivity index (χ3v) is 4.29. The van der Waals surface area contributed by atoms with Crippen LogP contribution in [0.1, 0.15) is 53.9 Å². The maximum atomic E-state index is 12.7. The number of fused-ring (bicyclic) bond motifs is 1. The maximum Gasteiger partial charge on any atom is 0.293 e. The van der Waals surface area contributed by atoms with Gasteiger partial charge in [-0.2, -0.15) is 0 Å². The highest BCUT2D eigenvalue weighted by molar-refractivity contribution is 5.91. The van der Waals surface area contributed by atoms with Crippen LogP contribution in [0, 0.1) is 6.92 Å². The van der Waals surface area contributed by atoms with Crippen molar-refractivity contribution in [2.75, 3.05) is 6.54 Å². The second kappa shape index (κ2) is 5.39. The molecule has 0 N–H and O–H groups in total. The highest BCUT2D eigenvalue weighted by atomic mass is 16.5. The number of carbonyl (C=O) groups is 1. The number of aromatic nitrogens is 2. The van der Waals surface area contributed by atoms with Crippen LogP contribution in [0.5, 0.6) is 0 Å². The predicted octanol–water partition coefficient (Wildman–Crippen LogP) is 2.95. The maximum absolute atomic E-state index is 12.7. The van der Waals surface area contributed by atoms with Gasteiger partial charge in [-0.05, 0) is 31.9 Å². The number of nitrogens with zero attached hydrogens (tertiary/aromatic N) is 3. The Morgan fingerprint density at radius 3 is 2.86 bits per heavy atom. The summed E-state index contributed by atoms with van der Waals surface area (Å²) < 4.78 is 7.51. The van der Waals surface area contributed by atoms with Crippen LogP contribution in [0.3, 0.4) is 0 Å². The number of carbonyl (C=O) groups excluding carboxylic acids is 1. The largest absolute Gasteiger partial charge is 0.351 e. The molecule has 3 heterocycles. The number of hydrogen-bond donors (Lipinski definition) is 0. The monoisotopic (exact) mass is 287 g/mol. The van der Waals surface area contributed by atoms with Gasteiger partial charge in [0.2, 0.25) is 5.76 Å². The lowest BCUT2D eigenvalue weighted by atomic mass is 10.1. The summed E-state index contributed by atoms with van der Waals surface area (Å²) in [5.41, 5.74) is 3.29. The minimum atomic E-state index is -0.0563. The first-order valence-electron chi connectivity index (χ1n) is 7.58. The molecule has 2 aromatic heterocycles. The van der Waals surface area contributed by atoms with E-state index in [2.05, 4.69) is 35.7 Å². The van der Waals surface area contributed by atoms with Gasteiger partial charge in [0, 0.05) is 30.5 Å². The standard InChI is InChI=1S/C16H21N3O2/c1-4-12-10-15(21-17-12)16(20)19-9-8-18-11(3)6-7-14(18)13(19)5-2/h6-7,10,13H,4-5,8-9H2,1-3H3/t13-/m0/s1. The van der Waals surface area contributed by atoms with Crippen molar-refractivity contribution < 1.29 is 9.32 Å². The Hall–Kier alpha value is -2.04. The summed E-state index contributed by atoms with van der Waals surface area (Å²) in [6, 6.07) is 6.11. The molecule has 1 amide bonds. The third-order valence-electron chi connectivity index (χ3n) is 4.29. The minimum Gasteiger partial charge on any atom is -0.351 e. The summed E-state index contributed by atoms with van der Waals surface area (Å²) in [6.07, 6.45) is 1.67. The quantitative estimate of drug-likeness (QED) is 0.872. The Labute approximate surface area is 124 Å². The van der Waals surface area contributed by atoms with Crippen molar-refractivity contribution in [3.8, 4) is 0 Å². The zero-order valence-electron chi connectivity index (χ0n) is 12.8. The fourth-order valence-corrected chi connectivity index (χ4v) is 3.10. The van der Waals surface area contributed by atoms with Gasteiger partial charge in [-0.1, -0.05) is 19.0 Å². The first-order valence-corrected chi connectivity index (χ1v) is 7.58. The zero-order valence-corrected chi connectivity index (χ0v) is 12.8. The highest BCUT2D eigenvalue weighted by Crippen LogP contribution is 2.31. The molecule has 0 bridgehead atoms. The van der Waals surface area contributed by atoms with Crippen LogP contribution in [0.2, 0.25) is 0 Å². The molecule has 0 spiro atoms. The smallest absolute Gasteiger partial charge is 0.293 e. The average molecular weight is 287 g/mol. The summed E-state index contributed by atoms with van der Waals surface area (Å²) in [5, 5.41) is 3.92.